The molecule has 2 heterocycles. The summed E-state index contributed by atoms with van der Waals surface area (Å²) in [6.07, 6.45) is 5.44. The van der Waals surface area contributed by atoms with Crippen molar-refractivity contribution in [3.05, 3.63) is 58.9 Å². The highest BCUT2D eigenvalue weighted by atomic mass is 16.5. The van der Waals surface area contributed by atoms with Crippen molar-refractivity contribution in [1.82, 2.24) is 15.3 Å². The highest BCUT2D eigenvalue weighted by Crippen LogP contribution is 2.23. The number of H-pyrrole nitrogens is 1. The summed E-state index contributed by atoms with van der Waals surface area (Å²) in [5.41, 5.74) is 4.56. The lowest BCUT2D eigenvalue weighted by atomic mass is 10.1. The molecular formula is C23H22N4O3. The molecule has 0 saturated carbocycles. The van der Waals surface area contributed by atoms with Gasteiger partial charge in [0.1, 0.15) is 12.4 Å². The Morgan fingerprint density at radius 2 is 2.17 bits per heavy atom. The predicted octanol–water partition coefficient (Wildman–Crippen LogP) is 2.71. The molecule has 7 heteroatoms. The summed E-state index contributed by atoms with van der Waals surface area (Å²) in [7, 11) is 0. The van der Waals surface area contributed by atoms with Crippen LogP contribution in [-0.2, 0) is 9.53 Å². The fraction of sp³-hybridized carbons (Fsp3) is 0.261. The van der Waals surface area contributed by atoms with E-state index < -0.39 is 0 Å². The molecule has 1 unspecified atom stereocenters. The van der Waals surface area contributed by atoms with Gasteiger partial charge in [0, 0.05) is 23.4 Å². The third kappa shape index (κ3) is 3.78. The van der Waals surface area contributed by atoms with E-state index in [1.807, 2.05) is 32.0 Å². The van der Waals surface area contributed by atoms with Crippen molar-refractivity contribution in [1.29, 1.82) is 0 Å². The molecule has 2 amide bonds. The third-order valence-corrected chi connectivity index (χ3v) is 5.16. The van der Waals surface area contributed by atoms with E-state index in [9.17, 15) is 9.59 Å². The van der Waals surface area contributed by atoms with Crippen LogP contribution in [0.3, 0.4) is 0 Å². The summed E-state index contributed by atoms with van der Waals surface area (Å²) in [6, 6.07) is 10.6. The molecular weight excluding hydrogens is 380 g/mol. The lowest BCUT2D eigenvalue weighted by Gasteiger charge is -2.28. The normalized spacial score (nSPS) is 15.1. The summed E-state index contributed by atoms with van der Waals surface area (Å²) < 4.78 is 5.18. The van der Waals surface area contributed by atoms with E-state index in [0.29, 0.717) is 24.5 Å². The Bertz CT molecular complexity index is 1170. The standard InChI is InChI=1S/C23H22N4O3/c1-4-16-5-7-18-19(12-16)26-22(25-18)15(3)24-23(29)17-6-8-20(14(2)11-17)27-9-10-30-13-21(27)28/h1,5-8,11-12,15H,9-10,13H2,2-3H3,(H,24,29)(H,25,26). The van der Waals surface area contributed by atoms with E-state index in [0.717, 1.165) is 27.8 Å². The van der Waals surface area contributed by atoms with Gasteiger partial charge < -0.3 is 19.9 Å². The maximum Gasteiger partial charge on any atom is 0.253 e. The number of rotatable bonds is 4. The molecule has 7 nitrogen and oxygen atoms in total. The predicted molar refractivity (Wildman–Crippen MR) is 114 cm³/mol. The molecule has 152 valence electrons. The number of hydrogen-bond acceptors (Lipinski definition) is 4. The van der Waals surface area contributed by atoms with Crippen molar-refractivity contribution in [2.45, 2.75) is 19.9 Å². The zero-order valence-electron chi connectivity index (χ0n) is 16.9. The number of imidazole rings is 1. The minimum atomic E-state index is -0.319. The number of terminal acetylenes is 1. The molecule has 30 heavy (non-hydrogen) atoms. The summed E-state index contributed by atoms with van der Waals surface area (Å²) >= 11 is 0. The Morgan fingerprint density at radius 3 is 2.90 bits per heavy atom. The number of aryl methyl sites for hydroxylation is 1. The number of anilines is 1. The molecule has 1 saturated heterocycles. The van der Waals surface area contributed by atoms with Crippen LogP contribution in [0.2, 0.25) is 0 Å². The lowest BCUT2D eigenvalue weighted by Crippen LogP contribution is -2.42. The van der Waals surface area contributed by atoms with E-state index in [1.54, 1.807) is 23.1 Å². The number of nitrogens with one attached hydrogen (secondary N) is 2. The Morgan fingerprint density at radius 1 is 1.33 bits per heavy atom. The molecule has 2 aromatic carbocycles. The second-order valence-electron chi connectivity index (χ2n) is 7.29. The average Bonchev–Trinajstić information content (AvgIpc) is 3.17. The average molecular weight is 402 g/mol. The van der Waals surface area contributed by atoms with Gasteiger partial charge in [0.2, 0.25) is 0 Å². The largest absolute Gasteiger partial charge is 0.370 e. The number of carbonyl (C=O) groups is 2. The molecule has 3 aromatic rings. The molecule has 1 fully saturated rings. The number of morpholine rings is 1. The molecule has 0 bridgehead atoms. The highest BCUT2D eigenvalue weighted by molar-refractivity contribution is 5.98. The summed E-state index contributed by atoms with van der Waals surface area (Å²) in [4.78, 5) is 34.3. The van der Waals surface area contributed by atoms with Gasteiger partial charge in [0.05, 0.1) is 23.7 Å². The Kier molecular flexibility index (Phi) is 5.25. The monoisotopic (exact) mass is 402 g/mol. The minimum Gasteiger partial charge on any atom is -0.370 e. The number of ether oxygens (including phenoxy) is 1. The molecule has 0 radical (unpaired) electrons. The number of aromatic amines is 1. The van der Waals surface area contributed by atoms with E-state index in [1.165, 1.54) is 0 Å². The maximum absolute atomic E-state index is 12.8. The Labute approximate surface area is 174 Å². The van der Waals surface area contributed by atoms with Crippen LogP contribution >= 0.6 is 0 Å². The fourth-order valence-electron chi connectivity index (χ4n) is 3.54. The Hall–Kier alpha value is -3.63. The number of fused-ring (bicyclic) bond motifs is 1. The zero-order chi connectivity index (χ0) is 21.3. The SMILES string of the molecule is C#Cc1ccc2[nH]c(C(C)NC(=O)c3ccc(N4CCOCC4=O)c(C)c3)nc2c1. The van der Waals surface area contributed by atoms with Crippen LogP contribution in [-0.4, -0.2) is 41.5 Å². The van der Waals surface area contributed by atoms with Crippen LogP contribution in [0.15, 0.2) is 36.4 Å². The van der Waals surface area contributed by atoms with Gasteiger partial charge in [0.25, 0.3) is 11.8 Å². The first-order valence-electron chi connectivity index (χ1n) is 9.72. The molecule has 2 N–H and O–H groups in total. The summed E-state index contributed by atoms with van der Waals surface area (Å²) in [6.45, 7) is 4.85. The van der Waals surface area contributed by atoms with Crippen molar-refractivity contribution < 1.29 is 14.3 Å². The number of carbonyl (C=O) groups excluding carboxylic acids is 2. The topological polar surface area (TPSA) is 87.3 Å². The quantitative estimate of drug-likeness (QED) is 0.657. The molecule has 1 aliphatic rings. The molecule has 1 atom stereocenters. The Balaban J connectivity index is 1.50. The van der Waals surface area contributed by atoms with E-state index in [4.69, 9.17) is 11.2 Å². The highest BCUT2D eigenvalue weighted by Gasteiger charge is 2.22. The zero-order valence-corrected chi connectivity index (χ0v) is 16.9. The molecule has 0 aliphatic carbocycles. The lowest BCUT2D eigenvalue weighted by molar-refractivity contribution is -0.125. The molecule has 1 aliphatic heterocycles. The summed E-state index contributed by atoms with van der Waals surface area (Å²) in [5.74, 6) is 2.96. The van der Waals surface area contributed by atoms with Crippen LogP contribution in [0.1, 0.15) is 40.3 Å². The third-order valence-electron chi connectivity index (χ3n) is 5.16. The number of nitrogens with zero attached hydrogens (tertiary/aromatic N) is 2. The van der Waals surface area contributed by atoms with Crippen LogP contribution in [0, 0.1) is 19.3 Å². The second kappa shape index (κ2) is 8.01. The van der Waals surface area contributed by atoms with Gasteiger partial charge in [-0.3, -0.25) is 9.59 Å². The summed E-state index contributed by atoms with van der Waals surface area (Å²) in [5, 5.41) is 2.96. The van der Waals surface area contributed by atoms with Gasteiger partial charge >= 0.3 is 0 Å². The van der Waals surface area contributed by atoms with Crippen molar-refractivity contribution >= 4 is 28.5 Å². The van der Waals surface area contributed by atoms with E-state index in [-0.39, 0.29) is 24.5 Å². The minimum absolute atomic E-state index is 0.0759. The van der Waals surface area contributed by atoms with Gasteiger partial charge in [-0.1, -0.05) is 5.92 Å². The van der Waals surface area contributed by atoms with Gasteiger partial charge in [-0.05, 0) is 55.8 Å². The van der Waals surface area contributed by atoms with E-state index in [2.05, 4.69) is 21.2 Å². The van der Waals surface area contributed by atoms with Crippen molar-refractivity contribution in [3.8, 4) is 12.3 Å². The van der Waals surface area contributed by atoms with Crippen LogP contribution in [0.4, 0.5) is 5.69 Å². The van der Waals surface area contributed by atoms with Crippen LogP contribution in [0.25, 0.3) is 11.0 Å². The second-order valence-corrected chi connectivity index (χ2v) is 7.29. The van der Waals surface area contributed by atoms with Gasteiger partial charge in [-0.15, -0.1) is 6.42 Å². The van der Waals surface area contributed by atoms with Crippen LogP contribution < -0.4 is 10.2 Å². The van der Waals surface area contributed by atoms with Gasteiger partial charge in [0.15, 0.2) is 0 Å². The number of benzene rings is 2. The molecule has 0 spiro atoms. The van der Waals surface area contributed by atoms with Gasteiger partial charge in [-0.25, -0.2) is 4.98 Å². The van der Waals surface area contributed by atoms with E-state index >= 15 is 0 Å². The first-order chi connectivity index (χ1) is 14.5. The van der Waals surface area contributed by atoms with Crippen molar-refractivity contribution in [2.24, 2.45) is 0 Å². The fourth-order valence-corrected chi connectivity index (χ4v) is 3.54. The first-order valence-corrected chi connectivity index (χ1v) is 9.72. The van der Waals surface area contributed by atoms with Crippen molar-refractivity contribution in [3.63, 3.8) is 0 Å². The smallest absolute Gasteiger partial charge is 0.253 e. The molecule has 4 rings (SSSR count). The number of hydrogen-bond donors (Lipinski definition) is 2. The van der Waals surface area contributed by atoms with Crippen molar-refractivity contribution in [2.75, 3.05) is 24.7 Å². The number of amides is 2. The van der Waals surface area contributed by atoms with Gasteiger partial charge in [-0.2, -0.15) is 0 Å². The first kappa shape index (κ1) is 19.7. The molecule has 1 aromatic heterocycles. The van der Waals surface area contributed by atoms with Crippen LogP contribution in [0.5, 0.6) is 0 Å². The number of aromatic nitrogens is 2. The maximum atomic E-state index is 12.8.